The molecule has 58 valence electrons. The van der Waals surface area contributed by atoms with E-state index in [2.05, 4.69) is 23.9 Å². The van der Waals surface area contributed by atoms with E-state index < -0.39 is 0 Å². The van der Waals surface area contributed by atoms with Crippen LogP contribution in [-0.4, -0.2) is 6.54 Å². The Morgan fingerprint density at radius 2 is 2.30 bits per heavy atom. The maximum absolute atomic E-state index is 8.00. The van der Waals surface area contributed by atoms with Gasteiger partial charge in [-0.3, -0.25) is 0 Å². The van der Waals surface area contributed by atoms with E-state index in [4.69, 9.17) is 5.53 Å². The minimum absolute atomic E-state index is 0.552. The van der Waals surface area contributed by atoms with Crippen LogP contribution in [0.25, 0.3) is 10.4 Å². The highest BCUT2D eigenvalue weighted by atomic mass is 15.1. The Morgan fingerprint density at radius 1 is 1.60 bits per heavy atom. The summed E-state index contributed by atoms with van der Waals surface area (Å²) >= 11 is 0. The van der Waals surface area contributed by atoms with Gasteiger partial charge >= 0.3 is 0 Å². The van der Waals surface area contributed by atoms with Crippen LogP contribution in [-0.2, 0) is 0 Å². The SMILES string of the molecule is CCCCC(C)CN=[N+]=[N-]. The van der Waals surface area contributed by atoms with Crippen molar-refractivity contribution < 1.29 is 0 Å². The molecule has 0 saturated carbocycles. The maximum atomic E-state index is 8.00. The fraction of sp³-hybridized carbons (Fsp3) is 1.00. The number of hydrogen-bond acceptors (Lipinski definition) is 1. The first-order valence-corrected chi connectivity index (χ1v) is 3.82. The van der Waals surface area contributed by atoms with Gasteiger partial charge in [0, 0.05) is 11.5 Å². The molecule has 3 nitrogen and oxygen atoms in total. The first kappa shape index (κ1) is 9.31. The largest absolute Gasteiger partial charge is 0.0937 e. The van der Waals surface area contributed by atoms with Gasteiger partial charge in [-0.1, -0.05) is 38.2 Å². The lowest BCUT2D eigenvalue weighted by atomic mass is 10.1. The molecule has 0 saturated heterocycles. The summed E-state index contributed by atoms with van der Waals surface area (Å²) in [5.41, 5.74) is 8.00. The lowest BCUT2D eigenvalue weighted by Crippen LogP contribution is -1.97. The van der Waals surface area contributed by atoms with Gasteiger partial charge in [0.05, 0.1) is 0 Å². The molecular formula is C7H15N3. The van der Waals surface area contributed by atoms with Gasteiger partial charge in [-0.15, -0.1) is 0 Å². The Labute approximate surface area is 62.1 Å². The molecule has 1 unspecified atom stereocenters. The van der Waals surface area contributed by atoms with Crippen LogP contribution in [0.2, 0.25) is 0 Å². The minimum atomic E-state index is 0.552. The number of hydrogen-bond donors (Lipinski definition) is 0. The lowest BCUT2D eigenvalue weighted by molar-refractivity contribution is 0.515. The fourth-order valence-corrected chi connectivity index (χ4v) is 0.820. The summed E-state index contributed by atoms with van der Waals surface area (Å²) in [6.07, 6.45) is 3.64. The van der Waals surface area contributed by atoms with Gasteiger partial charge in [0.15, 0.2) is 0 Å². The predicted octanol–water partition coefficient (Wildman–Crippen LogP) is 3.12. The van der Waals surface area contributed by atoms with Crippen molar-refractivity contribution in [3.8, 4) is 0 Å². The van der Waals surface area contributed by atoms with Crippen molar-refractivity contribution in [1.82, 2.24) is 0 Å². The average molecular weight is 141 g/mol. The highest BCUT2D eigenvalue weighted by Gasteiger charge is 1.97. The molecule has 0 aliphatic rings. The Morgan fingerprint density at radius 3 is 2.80 bits per heavy atom. The van der Waals surface area contributed by atoms with Crippen LogP contribution >= 0.6 is 0 Å². The molecule has 0 rings (SSSR count). The van der Waals surface area contributed by atoms with E-state index in [1.165, 1.54) is 19.3 Å². The van der Waals surface area contributed by atoms with Gasteiger partial charge in [0.25, 0.3) is 0 Å². The average Bonchev–Trinajstić information content (AvgIpc) is 1.97. The molecule has 0 fully saturated rings. The van der Waals surface area contributed by atoms with E-state index in [1.54, 1.807) is 0 Å². The highest BCUT2D eigenvalue weighted by molar-refractivity contribution is 4.56. The summed E-state index contributed by atoms with van der Waals surface area (Å²) in [6.45, 7) is 4.93. The number of rotatable bonds is 5. The molecule has 1 atom stereocenters. The molecule has 0 aliphatic carbocycles. The standard InChI is InChI=1S/C7H15N3/c1-3-4-5-7(2)6-9-10-8/h7H,3-6H2,1-2H3. The van der Waals surface area contributed by atoms with Gasteiger partial charge in [-0.2, -0.15) is 0 Å². The summed E-state index contributed by atoms with van der Waals surface area (Å²) in [7, 11) is 0. The third-order valence-corrected chi connectivity index (χ3v) is 1.51. The Bertz CT molecular complexity index is 116. The molecule has 0 aromatic heterocycles. The topological polar surface area (TPSA) is 48.8 Å². The second-order valence-electron chi connectivity index (χ2n) is 2.66. The van der Waals surface area contributed by atoms with Crippen molar-refractivity contribution in [3.05, 3.63) is 10.4 Å². The molecule has 3 heteroatoms. The molecule has 0 aromatic carbocycles. The molecule has 0 spiro atoms. The summed E-state index contributed by atoms with van der Waals surface area (Å²) in [6, 6.07) is 0. The van der Waals surface area contributed by atoms with E-state index in [1.807, 2.05) is 0 Å². The zero-order chi connectivity index (χ0) is 7.82. The molecule has 0 radical (unpaired) electrons. The summed E-state index contributed by atoms with van der Waals surface area (Å²) in [4.78, 5) is 2.71. The summed E-state index contributed by atoms with van der Waals surface area (Å²) < 4.78 is 0. The highest BCUT2D eigenvalue weighted by Crippen LogP contribution is 2.07. The Hall–Kier alpha value is -0.690. The molecule has 0 N–H and O–H groups in total. The summed E-state index contributed by atoms with van der Waals surface area (Å²) in [5, 5.41) is 3.51. The monoisotopic (exact) mass is 141 g/mol. The molecule has 0 aliphatic heterocycles. The van der Waals surface area contributed by atoms with E-state index in [0.717, 1.165) is 0 Å². The van der Waals surface area contributed by atoms with Crippen LogP contribution in [0.15, 0.2) is 5.11 Å². The van der Waals surface area contributed by atoms with Crippen LogP contribution in [0.1, 0.15) is 33.1 Å². The molecule has 0 heterocycles. The zero-order valence-corrected chi connectivity index (χ0v) is 6.75. The quantitative estimate of drug-likeness (QED) is 0.321. The van der Waals surface area contributed by atoms with Crippen molar-refractivity contribution in [3.63, 3.8) is 0 Å². The van der Waals surface area contributed by atoms with Gasteiger partial charge in [-0.05, 0) is 11.4 Å². The second kappa shape index (κ2) is 6.43. The van der Waals surface area contributed by atoms with Crippen molar-refractivity contribution >= 4 is 0 Å². The van der Waals surface area contributed by atoms with Crippen LogP contribution in [0.5, 0.6) is 0 Å². The van der Waals surface area contributed by atoms with Crippen molar-refractivity contribution in [2.75, 3.05) is 6.54 Å². The van der Waals surface area contributed by atoms with E-state index in [0.29, 0.717) is 12.5 Å². The van der Waals surface area contributed by atoms with Crippen LogP contribution < -0.4 is 0 Å². The van der Waals surface area contributed by atoms with E-state index in [-0.39, 0.29) is 0 Å². The van der Waals surface area contributed by atoms with E-state index in [9.17, 15) is 0 Å². The lowest BCUT2D eigenvalue weighted by Gasteiger charge is -2.04. The maximum Gasteiger partial charge on any atom is 0.0283 e. The number of azide groups is 1. The van der Waals surface area contributed by atoms with Gasteiger partial charge < -0.3 is 0 Å². The normalized spacial score (nSPS) is 12.2. The first-order valence-electron chi connectivity index (χ1n) is 3.82. The van der Waals surface area contributed by atoms with Crippen LogP contribution in [0.4, 0.5) is 0 Å². The third-order valence-electron chi connectivity index (χ3n) is 1.51. The van der Waals surface area contributed by atoms with Crippen molar-refractivity contribution in [2.45, 2.75) is 33.1 Å². The number of nitrogens with zero attached hydrogens (tertiary/aromatic N) is 3. The van der Waals surface area contributed by atoms with Crippen LogP contribution in [0.3, 0.4) is 0 Å². The van der Waals surface area contributed by atoms with Crippen molar-refractivity contribution in [1.29, 1.82) is 0 Å². The van der Waals surface area contributed by atoms with Crippen molar-refractivity contribution in [2.24, 2.45) is 11.0 Å². The Kier molecular flexibility index (Phi) is 5.99. The third kappa shape index (κ3) is 5.45. The van der Waals surface area contributed by atoms with Gasteiger partial charge in [0.1, 0.15) is 0 Å². The smallest absolute Gasteiger partial charge is 0.0283 e. The molecule has 0 bridgehead atoms. The minimum Gasteiger partial charge on any atom is -0.0937 e. The van der Waals surface area contributed by atoms with Crippen LogP contribution in [0, 0.1) is 5.92 Å². The summed E-state index contributed by atoms with van der Waals surface area (Å²) in [5.74, 6) is 0.552. The second-order valence-corrected chi connectivity index (χ2v) is 2.66. The van der Waals surface area contributed by atoms with E-state index >= 15 is 0 Å². The molecule has 0 aromatic rings. The fourth-order valence-electron chi connectivity index (χ4n) is 0.820. The Balaban J connectivity index is 3.24. The predicted molar refractivity (Wildman–Crippen MR) is 42.7 cm³/mol. The zero-order valence-electron chi connectivity index (χ0n) is 6.75. The van der Waals surface area contributed by atoms with Gasteiger partial charge in [0.2, 0.25) is 0 Å². The first-order chi connectivity index (χ1) is 4.81. The molecule has 10 heavy (non-hydrogen) atoms. The number of unbranched alkanes of at least 4 members (excludes halogenated alkanes) is 1. The molecule has 0 amide bonds. The molecular weight excluding hydrogens is 126 g/mol. The van der Waals surface area contributed by atoms with Gasteiger partial charge in [-0.25, -0.2) is 0 Å².